The number of methoxy groups -OCH3 is 1. The van der Waals surface area contributed by atoms with E-state index in [0.29, 0.717) is 37.6 Å². The van der Waals surface area contributed by atoms with E-state index in [-0.39, 0.29) is 24.4 Å². The van der Waals surface area contributed by atoms with Crippen LogP contribution in [0.25, 0.3) is 0 Å². The van der Waals surface area contributed by atoms with Gasteiger partial charge in [-0.1, -0.05) is 12.5 Å². The van der Waals surface area contributed by atoms with Gasteiger partial charge in [0.05, 0.1) is 38.5 Å². The highest BCUT2D eigenvalue weighted by atomic mass is 16.5. The van der Waals surface area contributed by atoms with Crippen LogP contribution in [0.15, 0.2) is 24.3 Å². The van der Waals surface area contributed by atoms with Gasteiger partial charge in [-0.05, 0) is 37.6 Å². The van der Waals surface area contributed by atoms with Crippen molar-refractivity contribution in [1.29, 1.82) is 0 Å². The average molecular weight is 389 g/mol. The van der Waals surface area contributed by atoms with E-state index < -0.39 is 5.97 Å². The molecule has 3 rings (SSSR count). The molecule has 0 spiro atoms. The summed E-state index contributed by atoms with van der Waals surface area (Å²) in [5, 5.41) is 2.81. The summed E-state index contributed by atoms with van der Waals surface area (Å²) in [6.07, 6.45) is 2.72. The van der Waals surface area contributed by atoms with Gasteiger partial charge in [0.1, 0.15) is 0 Å². The van der Waals surface area contributed by atoms with Crippen LogP contribution in [0.4, 0.5) is 5.69 Å². The standard InChI is InChI=1S/C20H27N3O5/c1-27-20(26)15-5-4-6-16(13-15)21-18(24)14-23-8-3-2-7-17(23)19(25)22-9-11-28-12-10-22/h4-6,13,17H,2-3,7-12,14H2,1H3,(H,21,24)/t17-/m1/s1. The number of piperidine rings is 1. The van der Waals surface area contributed by atoms with Crippen molar-refractivity contribution < 1.29 is 23.9 Å². The van der Waals surface area contributed by atoms with E-state index in [1.54, 1.807) is 24.3 Å². The Kier molecular flexibility index (Phi) is 7.00. The highest BCUT2D eigenvalue weighted by molar-refractivity contribution is 5.95. The number of esters is 1. The highest BCUT2D eigenvalue weighted by Crippen LogP contribution is 2.20. The fourth-order valence-electron chi connectivity index (χ4n) is 3.68. The van der Waals surface area contributed by atoms with Crippen LogP contribution < -0.4 is 5.32 Å². The molecule has 2 heterocycles. The third-order valence-electron chi connectivity index (χ3n) is 5.14. The molecule has 0 aromatic heterocycles. The number of anilines is 1. The summed E-state index contributed by atoms with van der Waals surface area (Å²) in [6, 6.07) is 6.35. The predicted octanol–water partition coefficient (Wildman–Crippen LogP) is 1.12. The number of carbonyl (C=O) groups is 3. The number of ether oxygens (including phenoxy) is 2. The topological polar surface area (TPSA) is 88.2 Å². The van der Waals surface area contributed by atoms with Crippen molar-refractivity contribution in [3.63, 3.8) is 0 Å². The lowest BCUT2D eigenvalue weighted by atomic mass is 10.0. The monoisotopic (exact) mass is 389 g/mol. The van der Waals surface area contributed by atoms with Crippen LogP contribution in [-0.2, 0) is 19.1 Å². The second kappa shape index (κ2) is 9.66. The fraction of sp³-hybridized carbons (Fsp3) is 0.550. The maximum absolute atomic E-state index is 12.9. The summed E-state index contributed by atoms with van der Waals surface area (Å²) in [4.78, 5) is 40.9. The van der Waals surface area contributed by atoms with Gasteiger partial charge in [-0.3, -0.25) is 14.5 Å². The van der Waals surface area contributed by atoms with Crippen LogP contribution in [0, 0.1) is 0 Å². The molecule has 1 N–H and O–H groups in total. The van der Waals surface area contributed by atoms with E-state index in [0.717, 1.165) is 25.8 Å². The number of likely N-dealkylation sites (tertiary alicyclic amines) is 1. The summed E-state index contributed by atoms with van der Waals surface area (Å²) >= 11 is 0. The molecular weight excluding hydrogens is 362 g/mol. The van der Waals surface area contributed by atoms with Gasteiger partial charge in [0.15, 0.2) is 0 Å². The van der Waals surface area contributed by atoms with E-state index in [4.69, 9.17) is 9.47 Å². The minimum atomic E-state index is -0.455. The third-order valence-corrected chi connectivity index (χ3v) is 5.14. The van der Waals surface area contributed by atoms with Crippen LogP contribution in [0.1, 0.15) is 29.6 Å². The summed E-state index contributed by atoms with van der Waals surface area (Å²) in [5.74, 6) is -0.574. The Hall–Kier alpha value is -2.45. The average Bonchev–Trinajstić information content (AvgIpc) is 2.73. The Morgan fingerprint density at radius 1 is 1.18 bits per heavy atom. The second-order valence-electron chi connectivity index (χ2n) is 7.04. The van der Waals surface area contributed by atoms with Gasteiger partial charge in [-0.15, -0.1) is 0 Å². The quantitative estimate of drug-likeness (QED) is 0.760. The molecule has 2 aliphatic heterocycles. The van der Waals surface area contributed by atoms with E-state index in [9.17, 15) is 14.4 Å². The van der Waals surface area contributed by atoms with Gasteiger partial charge >= 0.3 is 5.97 Å². The molecule has 8 heteroatoms. The van der Waals surface area contributed by atoms with Crippen molar-refractivity contribution in [3.8, 4) is 0 Å². The summed E-state index contributed by atoms with van der Waals surface area (Å²) < 4.78 is 10.0. The molecule has 1 atom stereocenters. The maximum Gasteiger partial charge on any atom is 0.337 e. The van der Waals surface area contributed by atoms with Crippen LogP contribution in [0.3, 0.4) is 0 Å². The van der Waals surface area contributed by atoms with Crippen molar-refractivity contribution in [1.82, 2.24) is 9.80 Å². The summed E-state index contributed by atoms with van der Waals surface area (Å²) in [6.45, 7) is 3.20. The Morgan fingerprint density at radius 2 is 1.96 bits per heavy atom. The van der Waals surface area contributed by atoms with E-state index in [1.807, 2.05) is 9.80 Å². The minimum absolute atomic E-state index is 0.0866. The van der Waals surface area contributed by atoms with Crippen molar-refractivity contribution in [2.75, 3.05) is 51.8 Å². The van der Waals surface area contributed by atoms with E-state index >= 15 is 0 Å². The lowest BCUT2D eigenvalue weighted by molar-refractivity contribution is -0.142. The zero-order valence-corrected chi connectivity index (χ0v) is 16.2. The Balaban J connectivity index is 1.61. The number of nitrogens with zero attached hydrogens (tertiary/aromatic N) is 2. The molecule has 0 saturated carbocycles. The minimum Gasteiger partial charge on any atom is -0.465 e. The smallest absolute Gasteiger partial charge is 0.337 e. The molecule has 0 bridgehead atoms. The molecule has 2 fully saturated rings. The summed E-state index contributed by atoms with van der Waals surface area (Å²) in [5.41, 5.74) is 0.902. The van der Waals surface area contributed by atoms with Crippen molar-refractivity contribution >= 4 is 23.5 Å². The highest BCUT2D eigenvalue weighted by Gasteiger charge is 2.33. The Bertz CT molecular complexity index is 718. The first kappa shape index (κ1) is 20.3. The van der Waals surface area contributed by atoms with Gasteiger partial charge in [0, 0.05) is 18.8 Å². The third kappa shape index (κ3) is 5.08. The molecular formula is C20H27N3O5. The molecule has 1 aromatic carbocycles. The molecule has 152 valence electrons. The lowest BCUT2D eigenvalue weighted by Gasteiger charge is -2.38. The molecule has 1 aromatic rings. The van der Waals surface area contributed by atoms with Crippen molar-refractivity contribution in [2.24, 2.45) is 0 Å². The first-order valence-corrected chi connectivity index (χ1v) is 9.67. The van der Waals surface area contributed by atoms with Crippen LogP contribution in [-0.4, -0.2) is 80.1 Å². The van der Waals surface area contributed by atoms with Crippen LogP contribution in [0.2, 0.25) is 0 Å². The second-order valence-corrected chi connectivity index (χ2v) is 7.04. The van der Waals surface area contributed by atoms with Crippen LogP contribution >= 0.6 is 0 Å². The molecule has 2 amide bonds. The number of carbonyl (C=O) groups excluding carboxylic acids is 3. The van der Waals surface area contributed by atoms with Crippen molar-refractivity contribution in [2.45, 2.75) is 25.3 Å². The van der Waals surface area contributed by atoms with Crippen LogP contribution in [0.5, 0.6) is 0 Å². The maximum atomic E-state index is 12.9. The largest absolute Gasteiger partial charge is 0.465 e. The number of benzene rings is 1. The number of hydrogen-bond acceptors (Lipinski definition) is 6. The molecule has 28 heavy (non-hydrogen) atoms. The van der Waals surface area contributed by atoms with E-state index in [1.165, 1.54) is 7.11 Å². The Morgan fingerprint density at radius 3 is 2.71 bits per heavy atom. The number of amides is 2. The SMILES string of the molecule is COC(=O)c1cccc(NC(=O)CN2CCCC[C@@H]2C(=O)N2CCOCC2)c1. The number of nitrogens with one attached hydrogen (secondary N) is 1. The Labute approximate surface area is 164 Å². The fourth-order valence-corrected chi connectivity index (χ4v) is 3.68. The first-order valence-electron chi connectivity index (χ1n) is 9.67. The molecule has 8 nitrogen and oxygen atoms in total. The van der Waals surface area contributed by atoms with Crippen molar-refractivity contribution in [3.05, 3.63) is 29.8 Å². The van der Waals surface area contributed by atoms with Gasteiger partial charge in [-0.25, -0.2) is 4.79 Å². The predicted molar refractivity (Wildman–Crippen MR) is 103 cm³/mol. The molecule has 0 radical (unpaired) electrons. The molecule has 0 aliphatic carbocycles. The molecule has 2 aliphatic rings. The molecule has 2 saturated heterocycles. The van der Waals surface area contributed by atoms with E-state index in [2.05, 4.69) is 5.32 Å². The molecule has 0 unspecified atom stereocenters. The summed E-state index contributed by atoms with van der Waals surface area (Å²) in [7, 11) is 1.32. The number of hydrogen-bond donors (Lipinski definition) is 1. The first-order chi connectivity index (χ1) is 13.6. The number of rotatable bonds is 5. The zero-order valence-electron chi connectivity index (χ0n) is 16.2. The number of morpholine rings is 1. The normalized spacial score (nSPS) is 20.5. The van der Waals surface area contributed by atoms with Gasteiger partial charge < -0.3 is 19.7 Å². The zero-order chi connectivity index (χ0) is 19.9. The van der Waals surface area contributed by atoms with Gasteiger partial charge in [-0.2, -0.15) is 0 Å². The van der Waals surface area contributed by atoms with Gasteiger partial charge in [0.25, 0.3) is 0 Å². The van der Waals surface area contributed by atoms with Gasteiger partial charge in [0.2, 0.25) is 11.8 Å². The lowest BCUT2D eigenvalue weighted by Crippen LogP contribution is -2.54.